The van der Waals surface area contributed by atoms with E-state index < -0.39 is 17.3 Å². The number of carbonyl (C=O) groups excluding carboxylic acids is 1. The van der Waals surface area contributed by atoms with Crippen LogP contribution >= 0.6 is 15.9 Å². The van der Waals surface area contributed by atoms with Crippen LogP contribution in [-0.4, -0.2) is 10.9 Å². The van der Waals surface area contributed by atoms with Crippen LogP contribution < -0.4 is 5.11 Å². The Morgan fingerprint density at radius 2 is 2.14 bits per heavy atom. The summed E-state index contributed by atoms with van der Waals surface area (Å²) in [4.78, 5) is 20.2. The molecule has 5 nitrogen and oxygen atoms in total. The van der Waals surface area contributed by atoms with E-state index in [4.69, 9.17) is 0 Å². The number of nitro benzene ring substituents is 1. The number of rotatable bonds is 3. The van der Waals surface area contributed by atoms with Gasteiger partial charge in [-0.15, -0.1) is 0 Å². The highest BCUT2D eigenvalue weighted by Gasteiger charge is 2.13. The van der Waals surface area contributed by atoms with Gasteiger partial charge in [0.15, 0.2) is 0 Å². The number of carboxylic acid groups (broad SMARTS) is 1. The molecule has 0 N–H and O–H groups in total. The molecule has 0 aliphatic rings. The molecule has 0 fully saturated rings. The van der Waals surface area contributed by atoms with Crippen LogP contribution in [0.1, 0.15) is 5.56 Å². The molecule has 0 atom stereocenters. The van der Waals surface area contributed by atoms with Gasteiger partial charge in [-0.3, -0.25) is 10.1 Å². The Morgan fingerprint density at radius 1 is 1.50 bits per heavy atom. The quantitative estimate of drug-likeness (QED) is 0.589. The van der Waals surface area contributed by atoms with E-state index in [-0.39, 0.29) is 11.3 Å². The minimum atomic E-state index is -1.34. The molecule has 74 valence electrons. The Morgan fingerprint density at radius 3 is 2.64 bits per heavy atom. The predicted molar refractivity (Wildman–Crippen MR) is 49.5 cm³/mol. The first-order valence-corrected chi connectivity index (χ1v) is 4.42. The fourth-order valence-corrected chi connectivity index (χ4v) is 1.36. The van der Waals surface area contributed by atoms with Crippen molar-refractivity contribution in [3.05, 3.63) is 38.3 Å². The molecule has 0 aromatic heterocycles. The summed E-state index contributed by atoms with van der Waals surface area (Å²) in [6.07, 6.45) is -0.455. The number of aliphatic carboxylic acids is 1. The lowest BCUT2D eigenvalue weighted by Gasteiger charge is -2.03. The molecular formula is C8H5BrNO4-. The highest BCUT2D eigenvalue weighted by molar-refractivity contribution is 9.10. The van der Waals surface area contributed by atoms with E-state index in [9.17, 15) is 20.0 Å². The van der Waals surface area contributed by atoms with Crippen LogP contribution in [0.4, 0.5) is 5.69 Å². The Labute approximate surface area is 87.6 Å². The van der Waals surface area contributed by atoms with E-state index in [1.54, 1.807) is 6.07 Å². The maximum absolute atomic E-state index is 10.5. The van der Waals surface area contributed by atoms with E-state index in [0.717, 1.165) is 0 Å². The predicted octanol–water partition coefficient (Wildman–Crippen LogP) is 0.650. The molecule has 0 amide bonds. The lowest BCUT2D eigenvalue weighted by atomic mass is 10.1. The van der Waals surface area contributed by atoms with Crippen molar-refractivity contribution in [2.75, 3.05) is 0 Å². The van der Waals surface area contributed by atoms with Crippen molar-refractivity contribution in [1.82, 2.24) is 0 Å². The second-order valence-electron chi connectivity index (χ2n) is 2.58. The van der Waals surface area contributed by atoms with Gasteiger partial charge in [0.1, 0.15) is 0 Å². The second-order valence-corrected chi connectivity index (χ2v) is 3.49. The van der Waals surface area contributed by atoms with Crippen LogP contribution in [0.5, 0.6) is 0 Å². The largest absolute Gasteiger partial charge is 0.550 e. The molecular weight excluding hydrogens is 254 g/mol. The number of nitrogens with zero attached hydrogens (tertiary/aromatic N) is 1. The fraction of sp³-hybridized carbons (Fsp3) is 0.125. The van der Waals surface area contributed by atoms with Crippen LogP contribution in [0.2, 0.25) is 0 Å². The summed E-state index contributed by atoms with van der Waals surface area (Å²) in [6.45, 7) is 0. The van der Waals surface area contributed by atoms with Gasteiger partial charge in [-0.1, -0.05) is 22.0 Å². The summed E-state index contributed by atoms with van der Waals surface area (Å²) >= 11 is 3.06. The van der Waals surface area contributed by atoms with Crippen molar-refractivity contribution in [3.8, 4) is 0 Å². The van der Waals surface area contributed by atoms with Gasteiger partial charge in [0.25, 0.3) is 5.69 Å². The molecule has 0 bridgehead atoms. The Balaban J connectivity index is 3.14. The number of hydrogen-bond acceptors (Lipinski definition) is 4. The van der Waals surface area contributed by atoms with E-state index in [1.807, 2.05) is 0 Å². The Bertz CT molecular complexity index is 391. The van der Waals surface area contributed by atoms with Gasteiger partial charge < -0.3 is 9.90 Å². The van der Waals surface area contributed by atoms with Crippen LogP contribution in [0.3, 0.4) is 0 Å². The number of nitro groups is 1. The average molecular weight is 259 g/mol. The summed E-state index contributed by atoms with van der Waals surface area (Å²) in [5.41, 5.74) is -0.0817. The van der Waals surface area contributed by atoms with Crippen molar-refractivity contribution >= 4 is 27.6 Å². The van der Waals surface area contributed by atoms with Crippen LogP contribution in [0.15, 0.2) is 22.7 Å². The lowest BCUT2D eigenvalue weighted by molar-refractivity contribution is -0.385. The maximum Gasteiger partial charge on any atom is 0.274 e. The smallest absolute Gasteiger partial charge is 0.274 e. The first-order chi connectivity index (χ1) is 6.50. The summed E-state index contributed by atoms with van der Waals surface area (Å²) in [6, 6.07) is 4.20. The van der Waals surface area contributed by atoms with Crippen LogP contribution in [-0.2, 0) is 11.2 Å². The Hall–Kier alpha value is -1.43. The van der Waals surface area contributed by atoms with Crippen molar-refractivity contribution in [2.24, 2.45) is 0 Å². The maximum atomic E-state index is 10.5. The van der Waals surface area contributed by atoms with E-state index in [0.29, 0.717) is 4.47 Å². The molecule has 0 aliphatic carbocycles. The zero-order valence-electron chi connectivity index (χ0n) is 6.90. The standard InChI is InChI=1S/C8H6BrNO4/c9-6-2-1-5(3-8(11)12)7(4-6)10(13)14/h1-2,4H,3H2,(H,11,12)/p-1. The molecule has 0 aliphatic heterocycles. The number of carbonyl (C=O) groups is 1. The average Bonchev–Trinajstić information content (AvgIpc) is 2.07. The first-order valence-electron chi connectivity index (χ1n) is 3.63. The van der Waals surface area contributed by atoms with E-state index in [1.165, 1.54) is 12.1 Å². The van der Waals surface area contributed by atoms with Gasteiger partial charge in [0.05, 0.1) is 4.92 Å². The number of halogens is 1. The van der Waals surface area contributed by atoms with E-state index >= 15 is 0 Å². The number of benzene rings is 1. The molecule has 1 aromatic rings. The molecule has 6 heteroatoms. The molecule has 0 unspecified atom stereocenters. The monoisotopic (exact) mass is 258 g/mol. The summed E-state index contributed by atoms with van der Waals surface area (Å²) in [5, 5.41) is 20.8. The number of carboxylic acids is 1. The zero-order chi connectivity index (χ0) is 10.7. The third-order valence-electron chi connectivity index (χ3n) is 1.58. The van der Waals surface area contributed by atoms with Crippen molar-refractivity contribution in [1.29, 1.82) is 0 Å². The normalized spacial score (nSPS) is 9.79. The third-order valence-corrected chi connectivity index (χ3v) is 2.07. The summed E-state index contributed by atoms with van der Waals surface area (Å²) in [7, 11) is 0. The van der Waals surface area contributed by atoms with Crippen molar-refractivity contribution in [2.45, 2.75) is 6.42 Å². The topological polar surface area (TPSA) is 83.3 Å². The summed E-state index contributed by atoms with van der Waals surface area (Å²) in [5.74, 6) is -1.34. The summed E-state index contributed by atoms with van der Waals surface area (Å²) < 4.78 is 0.534. The minimum Gasteiger partial charge on any atom is -0.550 e. The minimum absolute atomic E-state index is 0.137. The number of hydrogen-bond donors (Lipinski definition) is 0. The molecule has 0 saturated carbocycles. The highest BCUT2D eigenvalue weighted by atomic mass is 79.9. The SMILES string of the molecule is O=C([O-])Cc1ccc(Br)cc1[N+](=O)[O-]. The second kappa shape index (κ2) is 4.19. The van der Waals surface area contributed by atoms with Gasteiger partial charge in [-0.25, -0.2) is 0 Å². The lowest BCUT2D eigenvalue weighted by Crippen LogP contribution is -2.24. The van der Waals surface area contributed by atoms with Gasteiger partial charge in [-0.05, 0) is 6.07 Å². The molecule has 0 saturated heterocycles. The zero-order valence-corrected chi connectivity index (χ0v) is 8.48. The van der Waals surface area contributed by atoms with Crippen LogP contribution in [0.25, 0.3) is 0 Å². The fourth-order valence-electron chi connectivity index (χ4n) is 1.01. The van der Waals surface area contributed by atoms with Crippen molar-refractivity contribution in [3.63, 3.8) is 0 Å². The van der Waals surface area contributed by atoms with Crippen LogP contribution in [0, 0.1) is 10.1 Å². The van der Waals surface area contributed by atoms with Crippen molar-refractivity contribution < 1.29 is 14.8 Å². The van der Waals surface area contributed by atoms with Gasteiger partial charge in [-0.2, -0.15) is 0 Å². The molecule has 0 heterocycles. The Kier molecular flexibility index (Phi) is 3.19. The highest BCUT2D eigenvalue weighted by Crippen LogP contribution is 2.23. The first kappa shape index (κ1) is 10.6. The molecule has 1 rings (SSSR count). The molecule has 0 spiro atoms. The van der Waals surface area contributed by atoms with E-state index in [2.05, 4.69) is 15.9 Å². The molecule has 14 heavy (non-hydrogen) atoms. The van der Waals surface area contributed by atoms with Gasteiger partial charge in [0, 0.05) is 28.5 Å². The van der Waals surface area contributed by atoms with Gasteiger partial charge in [0.2, 0.25) is 0 Å². The molecule has 0 radical (unpaired) electrons. The third kappa shape index (κ3) is 2.53. The molecule has 1 aromatic carbocycles. The van der Waals surface area contributed by atoms with Gasteiger partial charge >= 0.3 is 0 Å².